The number of amides is 2. The van der Waals surface area contributed by atoms with Crippen LogP contribution in [-0.4, -0.2) is 47.8 Å². The van der Waals surface area contributed by atoms with E-state index in [2.05, 4.69) is 0 Å². The van der Waals surface area contributed by atoms with Gasteiger partial charge < -0.3 is 14.2 Å². The molecule has 0 aliphatic carbocycles. The maximum absolute atomic E-state index is 13.3. The lowest BCUT2D eigenvalue weighted by Crippen LogP contribution is -2.50. The van der Waals surface area contributed by atoms with E-state index in [1.54, 1.807) is 17.0 Å². The fourth-order valence-corrected chi connectivity index (χ4v) is 3.17. The highest BCUT2D eigenvalue weighted by Crippen LogP contribution is 2.21. The smallest absolute Gasteiger partial charge is 0.289 e. The van der Waals surface area contributed by atoms with E-state index in [1.807, 2.05) is 18.2 Å². The maximum atomic E-state index is 13.3. The van der Waals surface area contributed by atoms with Crippen molar-refractivity contribution < 1.29 is 22.8 Å². The second-order valence-electron chi connectivity index (χ2n) is 6.36. The topological polar surface area (TPSA) is 53.8 Å². The number of para-hydroxylation sites is 1. The largest absolute Gasteiger partial charge is 0.451 e. The molecule has 1 aliphatic heterocycles. The van der Waals surface area contributed by atoms with Crippen molar-refractivity contribution in [3.63, 3.8) is 0 Å². The predicted octanol–water partition coefficient (Wildman–Crippen LogP) is 3.31. The molecule has 1 saturated heterocycles. The van der Waals surface area contributed by atoms with Crippen molar-refractivity contribution in [1.29, 1.82) is 0 Å². The molecule has 0 radical (unpaired) electrons. The molecule has 2 aromatic carbocycles. The van der Waals surface area contributed by atoms with Gasteiger partial charge in [-0.25, -0.2) is 8.78 Å². The second kappa shape index (κ2) is 6.83. The zero-order chi connectivity index (χ0) is 19.0. The fourth-order valence-electron chi connectivity index (χ4n) is 3.17. The van der Waals surface area contributed by atoms with Crippen LogP contribution in [-0.2, 0) is 0 Å². The van der Waals surface area contributed by atoms with Crippen LogP contribution >= 0.6 is 0 Å². The number of fused-ring (bicyclic) bond motifs is 1. The highest BCUT2D eigenvalue weighted by Gasteiger charge is 2.27. The normalized spacial score (nSPS) is 14.6. The Morgan fingerprint density at radius 2 is 1.48 bits per heavy atom. The van der Waals surface area contributed by atoms with Gasteiger partial charge in [0.25, 0.3) is 11.8 Å². The van der Waals surface area contributed by atoms with Crippen LogP contribution in [0.15, 0.2) is 52.9 Å². The Hall–Kier alpha value is -3.22. The third kappa shape index (κ3) is 3.28. The monoisotopic (exact) mass is 370 g/mol. The molecule has 1 aliphatic rings. The van der Waals surface area contributed by atoms with Gasteiger partial charge in [0, 0.05) is 37.1 Å². The Morgan fingerprint density at radius 3 is 2.15 bits per heavy atom. The minimum Gasteiger partial charge on any atom is -0.451 e. The molecule has 1 aromatic heterocycles. The van der Waals surface area contributed by atoms with Crippen molar-refractivity contribution in [3.8, 4) is 0 Å². The lowest BCUT2D eigenvalue weighted by Gasteiger charge is -2.34. The van der Waals surface area contributed by atoms with Crippen LogP contribution in [0.1, 0.15) is 20.9 Å². The van der Waals surface area contributed by atoms with Gasteiger partial charge in [-0.1, -0.05) is 18.2 Å². The van der Waals surface area contributed by atoms with E-state index in [0.717, 1.165) is 17.5 Å². The van der Waals surface area contributed by atoms with Gasteiger partial charge in [-0.05, 0) is 30.3 Å². The Labute approximate surface area is 153 Å². The molecule has 0 N–H and O–H groups in total. The molecule has 0 bridgehead atoms. The zero-order valence-electron chi connectivity index (χ0n) is 14.3. The number of carbonyl (C=O) groups is 2. The van der Waals surface area contributed by atoms with Gasteiger partial charge in [0.05, 0.1) is 0 Å². The predicted molar refractivity (Wildman–Crippen MR) is 94.4 cm³/mol. The fraction of sp³-hybridized carbons (Fsp3) is 0.200. The molecule has 2 heterocycles. The van der Waals surface area contributed by atoms with Crippen LogP contribution in [0.25, 0.3) is 11.0 Å². The third-order valence-corrected chi connectivity index (χ3v) is 4.66. The zero-order valence-corrected chi connectivity index (χ0v) is 14.3. The summed E-state index contributed by atoms with van der Waals surface area (Å²) < 4.78 is 32.0. The first kappa shape index (κ1) is 17.2. The first-order chi connectivity index (χ1) is 13.0. The average Bonchev–Trinajstić information content (AvgIpc) is 3.13. The molecule has 0 atom stereocenters. The summed E-state index contributed by atoms with van der Waals surface area (Å²) in [4.78, 5) is 28.2. The molecule has 1 fully saturated rings. The van der Waals surface area contributed by atoms with E-state index in [1.165, 1.54) is 11.0 Å². The van der Waals surface area contributed by atoms with Gasteiger partial charge in [-0.2, -0.15) is 0 Å². The summed E-state index contributed by atoms with van der Waals surface area (Å²) in [5, 5.41) is 0.855. The summed E-state index contributed by atoms with van der Waals surface area (Å²) in [5.41, 5.74) is 0.735. The number of hydrogen-bond acceptors (Lipinski definition) is 3. The second-order valence-corrected chi connectivity index (χ2v) is 6.36. The molecule has 3 aromatic rings. The Bertz CT molecular complexity index is 990. The third-order valence-electron chi connectivity index (χ3n) is 4.66. The molecular weight excluding hydrogens is 354 g/mol. The van der Waals surface area contributed by atoms with Gasteiger partial charge in [-0.15, -0.1) is 0 Å². The number of halogens is 2. The standard InChI is InChI=1S/C20H16F2N2O3/c21-15-6-5-14(11-16(15)22)19(25)23-7-9-24(10-8-23)20(26)18-12-13-3-1-2-4-17(13)27-18/h1-6,11-12H,7-10H2. The van der Waals surface area contributed by atoms with Crippen LogP contribution < -0.4 is 0 Å². The number of nitrogens with zero attached hydrogens (tertiary/aromatic N) is 2. The highest BCUT2D eigenvalue weighted by molar-refractivity contribution is 5.97. The Morgan fingerprint density at radius 1 is 0.815 bits per heavy atom. The van der Waals surface area contributed by atoms with E-state index < -0.39 is 11.6 Å². The molecule has 0 saturated carbocycles. The maximum Gasteiger partial charge on any atom is 0.289 e. The number of benzene rings is 2. The summed E-state index contributed by atoms with van der Waals surface area (Å²) in [6.07, 6.45) is 0. The van der Waals surface area contributed by atoms with E-state index in [4.69, 9.17) is 4.42 Å². The van der Waals surface area contributed by atoms with Gasteiger partial charge in [-0.3, -0.25) is 9.59 Å². The van der Waals surface area contributed by atoms with E-state index in [0.29, 0.717) is 31.8 Å². The van der Waals surface area contributed by atoms with Crippen molar-refractivity contribution in [2.24, 2.45) is 0 Å². The number of carbonyl (C=O) groups excluding carboxylic acids is 2. The summed E-state index contributed by atoms with van der Waals surface area (Å²) in [5.74, 6) is -2.40. The van der Waals surface area contributed by atoms with Crippen LogP contribution in [0.4, 0.5) is 8.78 Å². The molecule has 4 rings (SSSR count). The van der Waals surface area contributed by atoms with Crippen LogP contribution in [0.3, 0.4) is 0 Å². The number of rotatable bonds is 2. The van der Waals surface area contributed by atoms with Gasteiger partial charge in [0.2, 0.25) is 0 Å². The van der Waals surface area contributed by atoms with Crippen molar-refractivity contribution >= 4 is 22.8 Å². The van der Waals surface area contributed by atoms with Crippen molar-refractivity contribution in [1.82, 2.24) is 9.80 Å². The molecule has 0 unspecified atom stereocenters. The quantitative estimate of drug-likeness (QED) is 0.696. The van der Waals surface area contributed by atoms with Crippen LogP contribution in [0, 0.1) is 11.6 Å². The minimum atomic E-state index is -1.06. The first-order valence-corrected chi connectivity index (χ1v) is 8.55. The molecule has 0 spiro atoms. The number of hydrogen-bond donors (Lipinski definition) is 0. The summed E-state index contributed by atoms with van der Waals surface area (Å²) in [7, 11) is 0. The van der Waals surface area contributed by atoms with Crippen LogP contribution in [0.5, 0.6) is 0 Å². The first-order valence-electron chi connectivity index (χ1n) is 8.55. The lowest BCUT2D eigenvalue weighted by molar-refractivity contribution is 0.0519. The van der Waals surface area contributed by atoms with E-state index >= 15 is 0 Å². The lowest BCUT2D eigenvalue weighted by atomic mass is 10.1. The molecule has 2 amide bonds. The molecular formula is C20H16F2N2O3. The molecule has 138 valence electrons. The Kier molecular flexibility index (Phi) is 4.35. The molecule has 27 heavy (non-hydrogen) atoms. The summed E-state index contributed by atoms with van der Waals surface area (Å²) >= 11 is 0. The SMILES string of the molecule is O=C(c1ccc(F)c(F)c1)N1CCN(C(=O)c2cc3ccccc3o2)CC1. The number of piperazine rings is 1. The number of furan rings is 1. The van der Waals surface area contributed by atoms with Crippen molar-refractivity contribution in [3.05, 3.63) is 71.5 Å². The minimum absolute atomic E-state index is 0.0889. The van der Waals surface area contributed by atoms with E-state index in [9.17, 15) is 18.4 Å². The van der Waals surface area contributed by atoms with Crippen molar-refractivity contribution in [2.75, 3.05) is 26.2 Å². The van der Waals surface area contributed by atoms with Gasteiger partial charge in [0.1, 0.15) is 5.58 Å². The van der Waals surface area contributed by atoms with Crippen molar-refractivity contribution in [2.45, 2.75) is 0 Å². The highest BCUT2D eigenvalue weighted by atomic mass is 19.2. The Balaban J connectivity index is 1.42. The molecule has 5 nitrogen and oxygen atoms in total. The molecule has 7 heteroatoms. The van der Waals surface area contributed by atoms with Gasteiger partial charge in [0.15, 0.2) is 17.4 Å². The summed E-state index contributed by atoms with van der Waals surface area (Å²) in [6.45, 7) is 1.30. The van der Waals surface area contributed by atoms with Gasteiger partial charge >= 0.3 is 0 Å². The summed E-state index contributed by atoms with van der Waals surface area (Å²) in [6, 6.07) is 12.2. The van der Waals surface area contributed by atoms with E-state index in [-0.39, 0.29) is 23.1 Å². The average molecular weight is 370 g/mol. The van der Waals surface area contributed by atoms with Crippen LogP contribution in [0.2, 0.25) is 0 Å².